The van der Waals surface area contributed by atoms with Crippen molar-refractivity contribution in [2.24, 2.45) is 11.1 Å². The summed E-state index contributed by atoms with van der Waals surface area (Å²) in [6, 6.07) is 7.92. The Balaban J connectivity index is 2.76. The molecule has 0 aliphatic carbocycles. The van der Waals surface area contributed by atoms with Crippen molar-refractivity contribution in [1.82, 2.24) is 5.32 Å². The smallest absolute Gasteiger partial charge is 0.227 e. The Labute approximate surface area is 117 Å². The summed E-state index contributed by atoms with van der Waals surface area (Å²) in [6.07, 6.45) is 0.737. The minimum absolute atomic E-state index is 0.0139. The van der Waals surface area contributed by atoms with E-state index in [1.165, 1.54) is 0 Å². The third-order valence-electron chi connectivity index (χ3n) is 3.48. The summed E-state index contributed by atoms with van der Waals surface area (Å²) in [7, 11) is 0. The zero-order valence-corrected chi connectivity index (χ0v) is 12.8. The van der Waals surface area contributed by atoms with Gasteiger partial charge in [-0.05, 0) is 38.0 Å². The molecule has 1 amide bonds. The van der Waals surface area contributed by atoms with Crippen LogP contribution in [-0.4, -0.2) is 12.5 Å². The van der Waals surface area contributed by atoms with Crippen LogP contribution in [0.15, 0.2) is 28.7 Å². The maximum atomic E-state index is 12.2. The number of rotatable bonds is 5. The second-order valence-electron chi connectivity index (χ2n) is 4.87. The largest absolute Gasteiger partial charge is 0.349 e. The van der Waals surface area contributed by atoms with Crippen LogP contribution in [0.1, 0.15) is 38.8 Å². The predicted octanol–water partition coefficient (Wildman–Crippen LogP) is 3.00. The molecular formula is C14H21BrN2O. The molecule has 0 aliphatic heterocycles. The molecule has 3 nitrogen and oxygen atoms in total. The second-order valence-corrected chi connectivity index (χ2v) is 5.78. The molecule has 1 unspecified atom stereocenters. The third-order valence-corrected chi connectivity index (χ3v) is 3.97. The summed E-state index contributed by atoms with van der Waals surface area (Å²) >= 11 is 3.43. The highest BCUT2D eigenvalue weighted by atomic mass is 79.9. The lowest BCUT2D eigenvalue weighted by Gasteiger charge is -2.27. The molecule has 1 rings (SSSR count). The lowest BCUT2D eigenvalue weighted by molar-refractivity contribution is -0.130. The van der Waals surface area contributed by atoms with Gasteiger partial charge in [0.05, 0.1) is 11.5 Å². The minimum atomic E-state index is -0.486. The van der Waals surface area contributed by atoms with Gasteiger partial charge in [-0.3, -0.25) is 4.79 Å². The van der Waals surface area contributed by atoms with Crippen molar-refractivity contribution < 1.29 is 4.79 Å². The SMILES string of the molecule is CCC(C)(CN)C(=O)N[C@@H](C)c1cccc(Br)c1. The Morgan fingerprint density at radius 1 is 1.56 bits per heavy atom. The molecule has 0 radical (unpaired) electrons. The van der Waals surface area contributed by atoms with Gasteiger partial charge in [-0.2, -0.15) is 0 Å². The normalized spacial score (nSPS) is 15.8. The highest BCUT2D eigenvalue weighted by Crippen LogP contribution is 2.23. The van der Waals surface area contributed by atoms with Gasteiger partial charge in [0.15, 0.2) is 0 Å². The fourth-order valence-corrected chi connectivity index (χ4v) is 2.04. The first kappa shape index (κ1) is 15.2. The maximum Gasteiger partial charge on any atom is 0.227 e. The van der Waals surface area contributed by atoms with Crippen molar-refractivity contribution in [3.8, 4) is 0 Å². The molecule has 0 bridgehead atoms. The van der Waals surface area contributed by atoms with Crippen molar-refractivity contribution in [3.63, 3.8) is 0 Å². The summed E-state index contributed by atoms with van der Waals surface area (Å²) in [5.74, 6) is 0.0139. The first-order chi connectivity index (χ1) is 8.42. The van der Waals surface area contributed by atoms with Gasteiger partial charge in [0.1, 0.15) is 0 Å². The van der Waals surface area contributed by atoms with Crippen molar-refractivity contribution >= 4 is 21.8 Å². The fraction of sp³-hybridized carbons (Fsp3) is 0.500. The highest BCUT2D eigenvalue weighted by Gasteiger charge is 2.30. The van der Waals surface area contributed by atoms with Crippen molar-refractivity contribution in [3.05, 3.63) is 34.3 Å². The number of halogens is 1. The first-order valence-corrected chi connectivity index (χ1v) is 6.98. The first-order valence-electron chi connectivity index (χ1n) is 6.19. The molecule has 1 aromatic rings. The van der Waals surface area contributed by atoms with E-state index in [1.54, 1.807) is 0 Å². The summed E-state index contributed by atoms with van der Waals surface area (Å²) in [5.41, 5.74) is 6.28. The predicted molar refractivity (Wildman–Crippen MR) is 78.2 cm³/mol. The van der Waals surface area contributed by atoms with Crippen molar-refractivity contribution in [2.45, 2.75) is 33.2 Å². The van der Waals surface area contributed by atoms with E-state index >= 15 is 0 Å². The number of nitrogens with two attached hydrogens (primary N) is 1. The van der Waals surface area contributed by atoms with Crippen LogP contribution in [0.5, 0.6) is 0 Å². The average molecular weight is 313 g/mol. The number of amides is 1. The van der Waals surface area contributed by atoms with E-state index in [4.69, 9.17) is 5.73 Å². The van der Waals surface area contributed by atoms with E-state index in [1.807, 2.05) is 45.0 Å². The average Bonchev–Trinajstić information content (AvgIpc) is 2.37. The monoisotopic (exact) mass is 312 g/mol. The fourth-order valence-electron chi connectivity index (χ4n) is 1.63. The molecule has 0 saturated heterocycles. The van der Waals surface area contributed by atoms with Gasteiger partial charge in [-0.1, -0.05) is 35.0 Å². The lowest BCUT2D eigenvalue weighted by atomic mass is 9.86. The summed E-state index contributed by atoms with van der Waals surface area (Å²) < 4.78 is 1.01. The van der Waals surface area contributed by atoms with Gasteiger partial charge in [0.2, 0.25) is 5.91 Å². The summed E-state index contributed by atoms with van der Waals surface area (Å²) in [4.78, 5) is 12.2. The Bertz CT molecular complexity index is 416. The number of carbonyl (C=O) groups is 1. The summed E-state index contributed by atoms with van der Waals surface area (Å²) in [5, 5.41) is 3.03. The van der Waals surface area contributed by atoms with Crippen LogP contribution < -0.4 is 11.1 Å². The number of hydrogen-bond acceptors (Lipinski definition) is 2. The Morgan fingerprint density at radius 3 is 2.72 bits per heavy atom. The highest BCUT2D eigenvalue weighted by molar-refractivity contribution is 9.10. The Morgan fingerprint density at radius 2 is 2.22 bits per heavy atom. The molecule has 0 saturated carbocycles. The van der Waals surface area contributed by atoms with E-state index in [0.717, 1.165) is 16.5 Å². The molecule has 18 heavy (non-hydrogen) atoms. The molecule has 1 aromatic carbocycles. The van der Waals surface area contributed by atoms with Crippen molar-refractivity contribution in [2.75, 3.05) is 6.54 Å². The molecule has 100 valence electrons. The molecule has 0 heterocycles. The van der Waals surface area contributed by atoms with Crippen LogP contribution in [0, 0.1) is 5.41 Å². The molecular weight excluding hydrogens is 292 g/mol. The van der Waals surface area contributed by atoms with Crippen LogP contribution in [0.3, 0.4) is 0 Å². The molecule has 0 spiro atoms. The Kier molecular flexibility index (Phi) is 5.35. The standard InChI is InChI=1S/C14H21BrN2O/c1-4-14(3,9-16)13(18)17-10(2)11-6-5-7-12(15)8-11/h5-8,10H,4,9,16H2,1-3H3,(H,17,18)/t10-,14?/m0/s1. The van der Waals surface area contributed by atoms with Gasteiger partial charge in [-0.15, -0.1) is 0 Å². The van der Waals surface area contributed by atoms with E-state index in [-0.39, 0.29) is 11.9 Å². The molecule has 2 atom stereocenters. The topological polar surface area (TPSA) is 55.1 Å². The molecule has 0 aromatic heterocycles. The zero-order chi connectivity index (χ0) is 13.8. The Hall–Kier alpha value is -0.870. The molecule has 0 fully saturated rings. The van der Waals surface area contributed by atoms with Crippen LogP contribution in [0.25, 0.3) is 0 Å². The van der Waals surface area contributed by atoms with E-state index < -0.39 is 5.41 Å². The van der Waals surface area contributed by atoms with Crippen LogP contribution in [-0.2, 0) is 4.79 Å². The van der Waals surface area contributed by atoms with Gasteiger partial charge >= 0.3 is 0 Å². The van der Waals surface area contributed by atoms with E-state index in [2.05, 4.69) is 21.2 Å². The van der Waals surface area contributed by atoms with Crippen LogP contribution >= 0.6 is 15.9 Å². The third kappa shape index (κ3) is 3.56. The van der Waals surface area contributed by atoms with E-state index in [9.17, 15) is 4.79 Å². The van der Waals surface area contributed by atoms with Gasteiger partial charge in [0.25, 0.3) is 0 Å². The second kappa shape index (κ2) is 6.34. The van der Waals surface area contributed by atoms with Crippen molar-refractivity contribution in [1.29, 1.82) is 0 Å². The van der Waals surface area contributed by atoms with E-state index in [0.29, 0.717) is 6.54 Å². The zero-order valence-electron chi connectivity index (χ0n) is 11.2. The van der Waals surface area contributed by atoms with Crippen LogP contribution in [0.2, 0.25) is 0 Å². The number of hydrogen-bond donors (Lipinski definition) is 2. The maximum absolute atomic E-state index is 12.2. The van der Waals surface area contributed by atoms with Gasteiger partial charge in [-0.25, -0.2) is 0 Å². The summed E-state index contributed by atoms with van der Waals surface area (Å²) in [6.45, 7) is 6.22. The molecule has 0 aliphatic rings. The number of carbonyl (C=O) groups excluding carboxylic acids is 1. The van der Waals surface area contributed by atoms with Crippen LogP contribution in [0.4, 0.5) is 0 Å². The quantitative estimate of drug-likeness (QED) is 0.878. The molecule has 3 N–H and O–H groups in total. The minimum Gasteiger partial charge on any atom is -0.349 e. The van der Waals surface area contributed by atoms with Gasteiger partial charge in [0, 0.05) is 11.0 Å². The lowest BCUT2D eigenvalue weighted by Crippen LogP contribution is -2.44. The number of nitrogens with one attached hydrogen (secondary N) is 1. The number of benzene rings is 1. The molecule has 4 heteroatoms. The van der Waals surface area contributed by atoms with Gasteiger partial charge < -0.3 is 11.1 Å².